The maximum Gasteiger partial charge on any atom is 0.204 e. The minimum Gasteiger partial charge on any atom is -0.383 e. The summed E-state index contributed by atoms with van der Waals surface area (Å²) < 4.78 is 0. The zero-order valence-corrected chi connectivity index (χ0v) is 10.8. The summed E-state index contributed by atoms with van der Waals surface area (Å²) in [6.07, 6.45) is 3.66. The fraction of sp³-hybridized carbons (Fsp3) is 0.462. The average molecular weight is 245 g/mol. The van der Waals surface area contributed by atoms with Crippen molar-refractivity contribution in [1.29, 1.82) is 0 Å². The van der Waals surface area contributed by atoms with Gasteiger partial charge < -0.3 is 5.32 Å². The van der Waals surface area contributed by atoms with Gasteiger partial charge in [-0.05, 0) is 30.7 Å². The molecule has 0 aliphatic rings. The second kappa shape index (κ2) is 6.14. The van der Waals surface area contributed by atoms with Gasteiger partial charge in [-0.3, -0.25) is 0 Å². The molecule has 1 aromatic heterocycles. The highest BCUT2D eigenvalue weighted by atomic mass is 15.5. The molecule has 1 heterocycles. The quantitative estimate of drug-likeness (QED) is 0.821. The Morgan fingerprint density at radius 1 is 1.39 bits per heavy atom. The van der Waals surface area contributed by atoms with E-state index in [4.69, 9.17) is 0 Å². The number of nitrogens with one attached hydrogen (secondary N) is 2. The Kier molecular flexibility index (Phi) is 4.28. The average Bonchev–Trinajstić information content (AvgIpc) is 2.90. The summed E-state index contributed by atoms with van der Waals surface area (Å²) in [7, 11) is 0. The number of hydrogen-bond donors (Lipinski definition) is 2. The third-order valence-corrected chi connectivity index (χ3v) is 2.87. The monoisotopic (exact) mass is 245 g/mol. The van der Waals surface area contributed by atoms with E-state index in [0.29, 0.717) is 11.9 Å². The van der Waals surface area contributed by atoms with E-state index in [1.807, 2.05) is 18.2 Å². The molecule has 0 aliphatic heterocycles. The van der Waals surface area contributed by atoms with Crippen LogP contribution in [0.25, 0.3) is 11.4 Å². The Bertz CT molecular complexity index is 466. The molecule has 5 nitrogen and oxygen atoms in total. The summed E-state index contributed by atoms with van der Waals surface area (Å²) in [5.74, 6) is 0.625. The number of benzene rings is 1. The Morgan fingerprint density at radius 3 is 3.00 bits per heavy atom. The summed E-state index contributed by atoms with van der Waals surface area (Å²) in [6.45, 7) is 4.42. The first-order valence-electron chi connectivity index (χ1n) is 6.40. The molecule has 1 unspecified atom stereocenters. The van der Waals surface area contributed by atoms with Crippen molar-refractivity contribution in [1.82, 2.24) is 20.6 Å². The first kappa shape index (κ1) is 12.5. The Labute approximate surface area is 107 Å². The van der Waals surface area contributed by atoms with E-state index in [-0.39, 0.29) is 0 Å². The third-order valence-electron chi connectivity index (χ3n) is 2.87. The number of aromatic nitrogens is 4. The number of anilines is 1. The molecule has 1 atom stereocenters. The van der Waals surface area contributed by atoms with Crippen LogP contribution in [0.5, 0.6) is 0 Å². The van der Waals surface area contributed by atoms with Crippen molar-refractivity contribution in [3.05, 3.63) is 24.3 Å². The van der Waals surface area contributed by atoms with Gasteiger partial charge in [0, 0.05) is 17.3 Å². The van der Waals surface area contributed by atoms with Gasteiger partial charge >= 0.3 is 0 Å². The van der Waals surface area contributed by atoms with Gasteiger partial charge in [-0.1, -0.05) is 31.9 Å². The molecular formula is C13H19N5. The second-order valence-electron chi connectivity index (χ2n) is 4.50. The molecule has 18 heavy (non-hydrogen) atoms. The van der Waals surface area contributed by atoms with E-state index >= 15 is 0 Å². The van der Waals surface area contributed by atoms with Crippen LogP contribution in [0.4, 0.5) is 5.69 Å². The fourth-order valence-corrected chi connectivity index (χ4v) is 1.90. The van der Waals surface area contributed by atoms with Gasteiger partial charge in [-0.25, -0.2) is 0 Å². The topological polar surface area (TPSA) is 66.5 Å². The maximum absolute atomic E-state index is 3.98. The van der Waals surface area contributed by atoms with Gasteiger partial charge in [0.1, 0.15) is 0 Å². The highest BCUT2D eigenvalue weighted by Gasteiger charge is 2.05. The zero-order chi connectivity index (χ0) is 12.8. The molecule has 5 heteroatoms. The van der Waals surface area contributed by atoms with Crippen molar-refractivity contribution in [3.8, 4) is 11.4 Å². The molecule has 1 aromatic carbocycles. The lowest BCUT2D eigenvalue weighted by molar-refractivity contribution is 0.645. The van der Waals surface area contributed by atoms with Gasteiger partial charge in [0.05, 0.1) is 0 Å². The Balaban J connectivity index is 2.03. The molecule has 0 spiro atoms. The summed E-state index contributed by atoms with van der Waals surface area (Å²) in [5.41, 5.74) is 2.07. The molecular weight excluding hydrogens is 226 g/mol. The molecule has 2 aromatic rings. The van der Waals surface area contributed by atoms with Crippen LogP contribution in [-0.2, 0) is 0 Å². The smallest absolute Gasteiger partial charge is 0.204 e. The normalized spacial score (nSPS) is 12.3. The van der Waals surface area contributed by atoms with Crippen molar-refractivity contribution in [2.75, 3.05) is 5.32 Å². The van der Waals surface area contributed by atoms with Crippen molar-refractivity contribution < 1.29 is 0 Å². The lowest BCUT2D eigenvalue weighted by Gasteiger charge is -2.15. The van der Waals surface area contributed by atoms with Gasteiger partial charge in [-0.15, -0.1) is 10.2 Å². The predicted octanol–water partition coefficient (Wildman–Crippen LogP) is 2.86. The number of H-pyrrole nitrogens is 1. The van der Waals surface area contributed by atoms with E-state index in [1.54, 1.807) is 0 Å². The van der Waals surface area contributed by atoms with E-state index < -0.39 is 0 Å². The van der Waals surface area contributed by atoms with Gasteiger partial charge in [0.25, 0.3) is 0 Å². The van der Waals surface area contributed by atoms with Gasteiger partial charge in [-0.2, -0.15) is 5.21 Å². The summed E-state index contributed by atoms with van der Waals surface area (Å²) >= 11 is 0. The number of tetrazole rings is 1. The summed E-state index contributed by atoms with van der Waals surface area (Å²) in [5, 5.41) is 17.5. The molecule has 0 aliphatic carbocycles. The molecule has 2 rings (SSSR count). The van der Waals surface area contributed by atoms with Crippen LogP contribution in [0, 0.1) is 0 Å². The molecule has 0 bridgehead atoms. The standard InChI is InChI=1S/C13H19N5/c1-3-4-6-10(2)14-12-8-5-7-11(9-12)13-15-17-18-16-13/h5,7-10,14H,3-4,6H2,1-2H3,(H,15,16,17,18). The molecule has 2 N–H and O–H groups in total. The third kappa shape index (κ3) is 3.29. The van der Waals surface area contributed by atoms with E-state index in [9.17, 15) is 0 Å². The SMILES string of the molecule is CCCCC(C)Nc1cccc(-c2nn[nH]n2)c1. The lowest BCUT2D eigenvalue weighted by atomic mass is 10.1. The summed E-state index contributed by atoms with van der Waals surface area (Å²) in [4.78, 5) is 0. The van der Waals surface area contributed by atoms with Crippen LogP contribution in [-0.4, -0.2) is 26.7 Å². The molecule has 0 saturated heterocycles. The van der Waals surface area contributed by atoms with Crippen LogP contribution in [0.15, 0.2) is 24.3 Å². The maximum atomic E-state index is 3.98. The van der Waals surface area contributed by atoms with Gasteiger partial charge in [0.15, 0.2) is 0 Å². The molecule has 0 saturated carbocycles. The Morgan fingerprint density at radius 2 is 2.28 bits per heavy atom. The highest BCUT2D eigenvalue weighted by Crippen LogP contribution is 2.19. The number of nitrogens with zero attached hydrogens (tertiary/aromatic N) is 3. The van der Waals surface area contributed by atoms with Crippen molar-refractivity contribution >= 4 is 5.69 Å². The first-order valence-corrected chi connectivity index (χ1v) is 6.40. The van der Waals surface area contributed by atoms with E-state index in [2.05, 4.69) is 45.9 Å². The van der Waals surface area contributed by atoms with Crippen LogP contribution in [0.2, 0.25) is 0 Å². The number of hydrogen-bond acceptors (Lipinski definition) is 4. The molecule has 0 fully saturated rings. The lowest BCUT2D eigenvalue weighted by Crippen LogP contribution is -2.14. The second-order valence-corrected chi connectivity index (χ2v) is 4.50. The van der Waals surface area contributed by atoms with Crippen LogP contribution < -0.4 is 5.32 Å². The van der Waals surface area contributed by atoms with Gasteiger partial charge in [0.2, 0.25) is 5.82 Å². The molecule has 0 amide bonds. The predicted molar refractivity (Wildman–Crippen MR) is 72.2 cm³/mol. The number of unbranched alkanes of at least 4 members (excludes halogenated alkanes) is 1. The first-order chi connectivity index (χ1) is 8.79. The van der Waals surface area contributed by atoms with Crippen LogP contribution >= 0.6 is 0 Å². The summed E-state index contributed by atoms with van der Waals surface area (Å²) in [6, 6.07) is 8.57. The van der Waals surface area contributed by atoms with Crippen LogP contribution in [0.3, 0.4) is 0 Å². The zero-order valence-electron chi connectivity index (χ0n) is 10.8. The fourth-order valence-electron chi connectivity index (χ4n) is 1.90. The number of rotatable bonds is 6. The minimum atomic E-state index is 0.477. The van der Waals surface area contributed by atoms with Crippen LogP contribution in [0.1, 0.15) is 33.1 Å². The van der Waals surface area contributed by atoms with E-state index in [1.165, 1.54) is 19.3 Å². The van der Waals surface area contributed by atoms with Crippen molar-refractivity contribution in [2.24, 2.45) is 0 Å². The minimum absolute atomic E-state index is 0.477. The van der Waals surface area contributed by atoms with E-state index in [0.717, 1.165) is 11.3 Å². The molecule has 96 valence electrons. The number of aromatic amines is 1. The highest BCUT2D eigenvalue weighted by molar-refractivity contribution is 5.61. The Hall–Kier alpha value is -1.91. The van der Waals surface area contributed by atoms with Crippen molar-refractivity contribution in [2.45, 2.75) is 39.2 Å². The largest absolute Gasteiger partial charge is 0.383 e. The molecule has 0 radical (unpaired) electrons. The van der Waals surface area contributed by atoms with Crippen molar-refractivity contribution in [3.63, 3.8) is 0 Å².